The Kier molecular flexibility index (Phi) is 4.52. The van der Waals surface area contributed by atoms with Crippen molar-refractivity contribution in [1.29, 1.82) is 0 Å². The molecule has 2 aromatic carbocycles. The van der Waals surface area contributed by atoms with Gasteiger partial charge < -0.3 is 10.1 Å². The van der Waals surface area contributed by atoms with Gasteiger partial charge in [-0.05, 0) is 35.9 Å². The molecule has 0 bridgehead atoms. The molecule has 1 aromatic heterocycles. The average Bonchev–Trinajstić information content (AvgIpc) is 2.65. The summed E-state index contributed by atoms with van der Waals surface area (Å²) in [5, 5.41) is 3.91. The van der Waals surface area contributed by atoms with E-state index in [1.807, 2.05) is 30.3 Å². The summed E-state index contributed by atoms with van der Waals surface area (Å²) in [4.78, 5) is 28.0. The van der Waals surface area contributed by atoms with Crippen LogP contribution in [0.25, 0.3) is 10.9 Å². The van der Waals surface area contributed by atoms with Crippen molar-refractivity contribution >= 4 is 22.8 Å². The van der Waals surface area contributed by atoms with Gasteiger partial charge in [-0.1, -0.05) is 24.3 Å². The number of hydrogen-bond acceptors (Lipinski definition) is 4. The van der Waals surface area contributed by atoms with E-state index in [9.17, 15) is 9.59 Å². The molecule has 0 radical (unpaired) electrons. The average molecular weight is 320 g/mol. The lowest BCUT2D eigenvalue weighted by atomic mass is 10.1. The Morgan fingerprint density at radius 3 is 2.46 bits per heavy atom. The van der Waals surface area contributed by atoms with Gasteiger partial charge in [0, 0.05) is 23.7 Å². The lowest BCUT2D eigenvalue weighted by Gasteiger charge is -2.08. The number of nitrogens with one attached hydrogen (secondary N) is 1. The van der Waals surface area contributed by atoms with Crippen molar-refractivity contribution in [3.05, 3.63) is 77.5 Å². The molecule has 1 heterocycles. The second-order valence-electron chi connectivity index (χ2n) is 5.24. The molecular weight excluding hydrogens is 304 g/mol. The highest BCUT2D eigenvalue weighted by Gasteiger charge is 2.09. The number of carbonyl (C=O) groups is 2. The summed E-state index contributed by atoms with van der Waals surface area (Å²) in [6.45, 7) is 0.381. The number of esters is 1. The predicted octanol–water partition coefficient (Wildman–Crippen LogP) is 2.95. The van der Waals surface area contributed by atoms with Crippen LogP contribution in [0.1, 0.15) is 26.3 Å². The largest absolute Gasteiger partial charge is 0.465 e. The van der Waals surface area contributed by atoms with Crippen LogP contribution in [0.2, 0.25) is 0 Å². The molecule has 0 aliphatic carbocycles. The number of nitrogens with zero attached hydrogens (tertiary/aromatic N) is 1. The predicted molar refractivity (Wildman–Crippen MR) is 90.7 cm³/mol. The number of rotatable bonds is 4. The Hall–Kier alpha value is -3.21. The summed E-state index contributed by atoms with van der Waals surface area (Å²) in [5.41, 5.74) is 2.72. The van der Waals surface area contributed by atoms with Crippen molar-refractivity contribution in [1.82, 2.24) is 10.3 Å². The van der Waals surface area contributed by atoms with Gasteiger partial charge in [0.15, 0.2) is 0 Å². The van der Waals surface area contributed by atoms with Crippen LogP contribution in [0.3, 0.4) is 0 Å². The molecule has 0 fully saturated rings. The highest BCUT2D eigenvalue weighted by atomic mass is 16.5. The van der Waals surface area contributed by atoms with Gasteiger partial charge in [0.2, 0.25) is 0 Å². The summed E-state index contributed by atoms with van der Waals surface area (Å²) in [6, 6.07) is 16.1. The van der Waals surface area contributed by atoms with Crippen LogP contribution >= 0.6 is 0 Å². The van der Waals surface area contributed by atoms with Crippen molar-refractivity contribution in [2.45, 2.75) is 6.54 Å². The molecule has 5 heteroatoms. The molecule has 0 saturated heterocycles. The number of amides is 1. The number of methoxy groups -OCH3 is 1. The summed E-state index contributed by atoms with van der Waals surface area (Å²) >= 11 is 0. The first kappa shape index (κ1) is 15.7. The molecule has 0 aliphatic rings. The molecule has 0 spiro atoms. The van der Waals surface area contributed by atoms with Crippen LogP contribution in [0.5, 0.6) is 0 Å². The van der Waals surface area contributed by atoms with Crippen molar-refractivity contribution in [3.8, 4) is 0 Å². The Balaban J connectivity index is 1.72. The highest BCUT2D eigenvalue weighted by Crippen LogP contribution is 2.16. The van der Waals surface area contributed by atoms with Gasteiger partial charge in [0.1, 0.15) is 0 Å². The summed E-state index contributed by atoms with van der Waals surface area (Å²) in [7, 11) is 1.32. The molecule has 0 saturated carbocycles. The fourth-order valence-electron chi connectivity index (χ4n) is 2.46. The van der Waals surface area contributed by atoms with Crippen molar-refractivity contribution in [2.24, 2.45) is 0 Å². The van der Waals surface area contributed by atoms with Gasteiger partial charge in [0.05, 0.1) is 18.2 Å². The van der Waals surface area contributed by atoms with Crippen LogP contribution < -0.4 is 5.32 Å². The van der Waals surface area contributed by atoms with Gasteiger partial charge in [-0.25, -0.2) is 4.79 Å². The molecule has 3 rings (SSSR count). The maximum Gasteiger partial charge on any atom is 0.337 e. The third-order valence-corrected chi connectivity index (χ3v) is 3.72. The molecule has 120 valence electrons. The molecule has 0 aliphatic heterocycles. The number of aromatic nitrogens is 1. The van der Waals surface area contributed by atoms with E-state index in [4.69, 9.17) is 0 Å². The van der Waals surface area contributed by atoms with Gasteiger partial charge >= 0.3 is 5.97 Å². The van der Waals surface area contributed by atoms with E-state index in [1.165, 1.54) is 7.11 Å². The van der Waals surface area contributed by atoms with Crippen LogP contribution in [0, 0.1) is 0 Å². The van der Waals surface area contributed by atoms with E-state index in [0.29, 0.717) is 17.7 Å². The topological polar surface area (TPSA) is 68.3 Å². The molecule has 3 aromatic rings. The number of para-hydroxylation sites is 1. The molecule has 0 atom stereocenters. The third kappa shape index (κ3) is 3.25. The first-order valence-electron chi connectivity index (χ1n) is 7.48. The summed E-state index contributed by atoms with van der Waals surface area (Å²) in [6.07, 6.45) is 1.74. The zero-order valence-electron chi connectivity index (χ0n) is 13.2. The number of fused-ring (bicyclic) bond motifs is 1. The van der Waals surface area contributed by atoms with Crippen LogP contribution in [-0.4, -0.2) is 24.0 Å². The molecule has 0 unspecified atom stereocenters. The fourth-order valence-corrected chi connectivity index (χ4v) is 2.46. The van der Waals surface area contributed by atoms with Crippen LogP contribution in [0.4, 0.5) is 0 Å². The lowest BCUT2D eigenvalue weighted by molar-refractivity contribution is 0.0600. The fraction of sp³-hybridized carbons (Fsp3) is 0.105. The monoisotopic (exact) mass is 320 g/mol. The number of benzene rings is 2. The van der Waals surface area contributed by atoms with E-state index in [1.54, 1.807) is 30.5 Å². The number of hydrogen-bond donors (Lipinski definition) is 1. The highest BCUT2D eigenvalue weighted by molar-refractivity contribution is 5.96. The maximum absolute atomic E-state index is 12.3. The third-order valence-electron chi connectivity index (χ3n) is 3.72. The maximum atomic E-state index is 12.3. The quantitative estimate of drug-likeness (QED) is 0.751. The zero-order valence-corrected chi connectivity index (χ0v) is 13.2. The molecule has 24 heavy (non-hydrogen) atoms. The van der Waals surface area contributed by atoms with Crippen LogP contribution in [0.15, 0.2) is 60.8 Å². The van der Waals surface area contributed by atoms with Gasteiger partial charge in [-0.15, -0.1) is 0 Å². The second kappa shape index (κ2) is 6.91. The zero-order chi connectivity index (χ0) is 16.9. The van der Waals surface area contributed by atoms with Crippen LogP contribution in [-0.2, 0) is 11.3 Å². The van der Waals surface area contributed by atoms with Gasteiger partial charge in [-0.2, -0.15) is 0 Å². The Morgan fingerprint density at radius 2 is 1.71 bits per heavy atom. The van der Waals surface area contributed by atoms with E-state index in [2.05, 4.69) is 15.0 Å². The minimum atomic E-state index is -0.427. The van der Waals surface area contributed by atoms with Gasteiger partial charge in [-0.3, -0.25) is 9.78 Å². The number of pyridine rings is 1. The Bertz CT molecular complexity index is 883. The minimum absolute atomic E-state index is 0.209. The van der Waals surface area contributed by atoms with Crippen molar-refractivity contribution < 1.29 is 14.3 Å². The smallest absolute Gasteiger partial charge is 0.337 e. The number of ether oxygens (including phenoxy) is 1. The SMILES string of the molecule is COC(=O)c1ccc(C(=O)NCc2cccc3cccnc23)cc1. The summed E-state index contributed by atoms with van der Waals surface area (Å²) < 4.78 is 4.64. The molecule has 1 N–H and O–H groups in total. The van der Waals surface area contributed by atoms with E-state index >= 15 is 0 Å². The summed E-state index contributed by atoms with van der Waals surface area (Å²) in [5.74, 6) is -0.636. The standard InChI is InChI=1S/C19H16N2O3/c1-24-19(23)15-9-7-14(8-10-15)18(22)21-12-16-5-2-4-13-6-3-11-20-17(13)16/h2-11H,12H2,1H3,(H,21,22). The molecule has 5 nitrogen and oxygen atoms in total. The van der Waals surface area contributed by atoms with Crippen molar-refractivity contribution in [2.75, 3.05) is 7.11 Å². The Labute approximate surface area is 139 Å². The van der Waals surface area contributed by atoms with Crippen molar-refractivity contribution in [3.63, 3.8) is 0 Å². The second-order valence-corrected chi connectivity index (χ2v) is 5.24. The Morgan fingerprint density at radius 1 is 1.00 bits per heavy atom. The normalized spacial score (nSPS) is 10.4. The van der Waals surface area contributed by atoms with E-state index in [-0.39, 0.29) is 5.91 Å². The van der Waals surface area contributed by atoms with E-state index in [0.717, 1.165) is 16.5 Å². The molecular formula is C19H16N2O3. The number of carbonyl (C=O) groups excluding carboxylic acids is 2. The lowest BCUT2D eigenvalue weighted by Crippen LogP contribution is -2.23. The first-order valence-corrected chi connectivity index (χ1v) is 7.48. The van der Waals surface area contributed by atoms with E-state index < -0.39 is 5.97 Å². The minimum Gasteiger partial charge on any atom is -0.465 e. The first-order chi connectivity index (χ1) is 11.7. The van der Waals surface area contributed by atoms with Gasteiger partial charge in [0.25, 0.3) is 5.91 Å². The molecule has 1 amide bonds.